The number of nitrogens with zero attached hydrogens (tertiary/aromatic N) is 1. The molecule has 208 valence electrons. The number of benzene rings is 2. The molecule has 2 aromatic carbocycles. The minimum atomic E-state index is -0.245. The summed E-state index contributed by atoms with van der Waals surface area (Å²) in [5.41, 5.74) is 1.92. The second-order valence-corrected chi connectivity index (χ2v) is 10.7. The number of ether oxygens (including phenoxy) is 4. The van der Waals surface area contributed by atoms with Crippen molar-refractivity contribution in [3.63, 3.8) is 0 Å². The van der Waals surface area contributed by atoms with Crippen molar-refractivity contribution in [1.29, 1.82) is 0 Å². The number of amides is 2. The number of piperidine rings is 1. The number of methoxy groups -OCH3 is 4. The van der Waals surface area contributed by atoms with Gasteiger partial charge >= 0.3 is 6.03 Å². The van der Waals surface area contributed by atoms with Gasteiger partial charge in [-0.05, 0) is 74.7 Å². The zero-order valence-electron chi connectivity index (χ0n) is 22.8. The zero-order chi connectivity index (χ0) is 27.1. The molecule has 4 rings (SSSR count). The van der Waals surface area contributed by atoms with Crippen LogP contribution in [0.4, 0.5) is 10.5 Å². The fraction of sp³-hybridized carbons (Fsp3) is 0.552. The van der Waals surface area contributed by atoms with Gasteiger partial charge in [-0.25, -0.2) is 4.79 Å². The van der Waals surface area contributed by atoms with E-state index in [-0.39, 0.29) is 18.1 Å². The lowest BCUT2D eigenvalue weighted by Crippen LogP contribution is -2.52. The van der Waals surface area contributed by atoms with Crippen LogP contribution in [0.25, 0.3) is 0 Å². The van der Waals surface area contributed by atoms with E-state index < -0.39 is 0 Å². The summed E-state index contributed by atoms with van der Waals surface area (Å²) in [6.07, 6.45) is 5.30. The second kappa shape index (κ2) is 13.4. The molecule has 0 aromatic heterocycles. The fourth-order valence-electron chi connectivity index (χ4n) is 5.98. The average molecular weight is 546 g/mol. The molecule has 9 heteroatoms. The number of carbonyl (C=O) groups is 1. The van der Waals surface area contributed by atoms with Crippen LogP contribution < -0.4 is 24.8 Å². The summed E-state index contributed by atoms with van der Waals surface area (Å²) in [4.78, 5) is 15.7. The highest BCUT2D eigenvalue weighted by atomic mass is 35.5. The number of anilines is 1. The predicted molar refractivity (Wildman–Crippen MR) is 150 cm³/mol. The monoisotopic (exact) mass is 545 g/mol. The molecule has 3 atom stereocenters. The Morgan fingerprint density at radius 1 is 0.947 bits per heavy atom. The molecule has 0 radical (unpaired) electrons. The molecule has 0 unspecified atom stereocenters. The second-order valence-electron chi connectivity index (χ2n) is 10.3. The summed E-state index contributed by atoms with van der Waals surface area (Å²) in [6, 6.07) is 11.8. The van der Waals surface area contributed by atoms with Gasteiger partial charge < -0.3 is 29.6 Å². The number of halogens is 1. The van der Waals surface area contributed by atoms with Crippen molar-refractivity contribution in [2.45, 2.75) is 44.2 Å². The standard InChI is InChI=1S/C29H40ClN3O5/c1-35-18-21-14-24(32-29(34)31-23-16-26(36-2)28(38-4)27(17-23)37-3)25(15-21)33-11-9-20(10-12-33)13-19-5-7-22(30)8-6-19/h5-8,16-17,20-21,24-25H,9-15,18H2,1-4H3,(H2,31,32,34)/t21-,24+,25+/m0/s1. The van der Waals surface area contributed by atoms with Crippen LogP contribution in [-0.2, 0) is 11.2 Å². The Kier molecular flexibility index (Phi) is 9.99. The van der Waals surface area contributed by atoms with Crippen molar-refractivity contribution in [3.8, 4) is 17.2 Å². The summed E-state index contributed by atoms with van der Waals surface area (Å²) in [5, 5.41) is 6.98. The Bertz CT molecular complexity index is 1030. The summed E-state index contributed by atoms with van der Waals surface area (Å²) >= 11 is 6.05. The van der Waals surface area contributed by atoms with E-state index in [1.165, 1.54) is 5.56 Å². The van der Waals surface area contributed by atoms with Gasteiger partial charge in [-0.1, -0.05) is 23.7 Å². The van der Waals surface area contributed by atoms with Crippen molar-refractivity contribution in [2.75, 3.05) is 53.5 Å². The molecule has 1 aliphatic carbocycles. The SMILES string of the molecule is COC[C@@H]1C[C@@H](N2CCC(Cc3ccc(Cl)cc3)CC2)[C@H](NC(=O)Nc2cc(OC)c(OC)c(OC)c2)C1. The molecule has 1 aliphatic heterocycles. The van der Waals surface area contributed by atoms with Gasteiger partial charge in [0.1, 0.15) is 0 Å². The molecule has 8 nitrogen and oxygen atoms in total. The molecule has 38 heavy (non-hydrogen) atoms. The molecule has 2 aromatic rings. The minimum Gasteiger partial charge on any atom is -0.493 e. The van der Waals surface area contributed by atoms with Crippen LogP contribution in [0.15, 0.2) is 36.4 Å². The average Bonchev–Trinajstić information content (AvgIpc) is 3.31. The Hall–Kier alpha value is -2.68. The first-order valence-electron chi connectivity index (χ1n) is 13.3. The van der Waals surface area contributed by atoms with Crippen molar-refractivity contribution in [3.05, 3.63) is 47.0 Å². The quantitative estimate of drug-likeness (QED) is 0.425. The lowest BCUT2D eigenvalue weighted by atomic mass is 9.89. The highest BCUT2D eigenvalue weighted by Crippen LogP contribution is 2.40. The van der Waals surface area contributed by atoms with Gasteiger partial charge in [0.2, 0.25) is 5.75 Å². The number of urea groups is 1. The van der Waals surface area contributed by atoms with Crippen LogP contribution in [0.3, 0.4) is 0 Å². The maximum atomic E-state index is 13.1. The van der Waals surface area contributed by atoms with Crippen LogP contribution in [-0.4, -0.2) is 71.2 Å². The Morgan fingerprint density at radius 3 is 2.18 bits per heavy atom. The smallest absolute Gasteiger partial charge is 0.319 e. The van der Waals surface area contributed by atoms with E-state index in [0.717, 1.165) is 50.2 Å². The summed E-state index contributed by atoms with van der Waals surface area (Å²) in [5.74, 6) is 2.55. The molecule has 2 amide bonds. The van der Waals surface area contributed by atoms with Gasteiger partial charge in [0.05, 0.1) is 27.0 Å². The van der Waals surface area contributed by atoms with Gasteiger partial charge in [0.25, 0.3) is 0 Å². The van der Waals surface area contributed by atoms with E-state index in [1.54, 1.807) is 40.6 Å². The highest BCUT2D eigenvalue weighted by Gasteiger charge is 2.39. The van der Waals surface area contributed by atoms with E-state index >= 15 is 0 Å². The third-order valence-corrected chi connectivity index (χ3v) is 8.08. The van der Waals surface area contributed by atoms with Crippen LogP contribution >= 0.6 is 11.6 Å². The van der Waals surface area contributed by atoms with Crippen LogP contribution in [0.2, 0.25) is 5.02 Å². The van der Waals surface area contributed by atoms with Crippen LogP contribution in [0.5, 0.6) is 17.2 Å². The normalized spacial score (nSPS) is 22.2. The number of hydrogen-bond donors (Lipinski definition) is 2. The first-order chi connectivity index (χ1) is 18.4. The zero-order valence-corrected chi connectivity index (χ0v) is 23.6. The number of rotatable bonds is 10. The summed E-state index contributed by atoms with van der Waals surface area (Å²) in [6.45, 7) is 2.78. The van der Waals surface area contributed by atoms with E-state index in [2.05, 4.69) is 27.7 Å². The molecule has 1 heterocycles. The lowest BCUT2D eigenvalue weighted by molar-refractivity contribution is 0.111. The summed E-state index contributed by atoms with van der Waals surface area (Å²) < 4.78 is 21.7. The first-order valence-corrected chi connectivity index (χ1v) is 13.7. The maximum Gasteiger partial charge on any atom is 0.319 e. The van der Waals surface area contributed by atoms with Crippen molar-refractivity contribution < 1.29 is 23.7 Å². The molecular weight excluding hydrogens is 506 g/mol. The topological polar surface area (TPSA) is 81.3 Å². The van der Waals surface area contributed by atoms with Gasteiger partial charge in [-0.15, -0.1) is 0 Å². The van der Waals surface area contributed by atoms with Crippen molar-refractivity contribution in [2.24, 2.45) is 11.8 Å². The van der Waals surface area contributed by atoms with Crippen molar-refractivity contribution in [1.82, 2.24) is 10.2 Å². The van der Waals surface area contributed by atoms with Crippen LogP contribution in [0.1, 0.15) is 31.2 Å². The Labute approximate surface area is 230 Å². The van der Waals surface area contributed by atoms with E-state index in [4.69, 9.17) is 30.5 Å². The molecule has 0 bridgehead atoms. The largest absolute Gasteiger partial charge is 0.493 e. The molecule has 2 aliphatic rings. The molecule has 1 saturated heterocycles. The fourth-order valence-corrected chi connectivity index (χ4v) is 6.11. The lowest BCUT2D eigenvalue weighted by Gasteiger charge is -2.38. The van der Waals surface area contributed by atoms with Gasteiger partial charge in [-0.2, -0.15) is 0 Å². The van der Waals surface area contributed by atoms with Crippen LogP contribution in [0, 0.1) is 11.8 Å². The first kappa shape index (κ1) is 28.3. The minimum absolute atomic E-state index is 0.0463. The highest BCUT2D eigenvalue weighted by molar-refractivity contribution is 6.30. The molecule has 2 fully saturated rings. The third-order valence-electron chi connectivity index (χ3n) is 7.82. The maximum absolute atomic E-state index is 13.1. The van der Waals surface area contributed by atoms with Crippen molar-refractivity contribution >= 4 is 23.3 Å². The predicted octanol–water partition coefficient (Wildman–Crippen LogP) is 5.24. The van der Waals surface area contributed by atoms with E-state index in [9.17, 15) is 4.79 Å². The number of hydrogen-bond acceptors (Lipinski definition) is 6. The Morgan fingerprint density at radius 2 is 1.61 bits per heavy atom. The molecule has 1 saturated carbocycles. The van der Waals surface area contributed by atoms with E-state index in [1.807, 2.05) is 12.1 Å². The Balaban J connectivity index is 1.37. The number of nitrogens with one attached hydrogen (secondary N) is 2. The number of carbonyl (C=O) groups excluding carboxylic acids is 1. The van der Waals surface area contributed by atoms with Gasteiger partial charge in [-0.3, -0.25) is 4.90 Å². The van der Waals surface area contributed by atoms with Gasteiger partial charge in [0.15, 0.2) is 11.5 Å². The number of likely N-dealkylation sites (tertiary alicyclic amines) is 1. The van der Waals surface area contributed by atoms with E-state index in [0.29, 0.717) is 41.4 Å². The third kappa shape index (κ3) is 7.04. The molecule has 2 N–H and O–H groups in total. The molecular formula is C29H40ClN3O5. The summed E-state index contributed by atoms with van der Waals surface area (Å²) in [7, 11) is 6.41. The van der Waals surface area contributed by atoms with Gasteiger partial charge in [0, 0.05) is 43.0 Å². The molecule has 0 spiro atoms.